The van der Waals surface area contributed by atoms with E-state index in [0.29, 0.717) is 0 Å². The third-order valence-electron chi connectivity index (χ3n) is 5.09. The van der Waals surface area contributed by atoms with Gasteiger partial charge in [0.25, 0.3) is 0 Å². The van der Waals surface area contributed by atoms with Gasteiger partial charge in [-0.05, 0) is 18.2 Å². The summed E-state index contributed by atoms with van der Waals surface area (Å²) in [5.74, 6) is -3.07. The summed E-state index contributed by atoms with van der Waals surface area (Å²) in [5, 5.41) is 68.7. The molecule has 7 N–H and O–H groups in total. The number of aliphatic hydroxyl groups is 3. The lowest BCUT2D eigenvalue weighted by atomic mass is 9.99. The van der Waals surface area contributed by atoms with Crippen LogP contribution in [0, 0.1) is 0 Å². The highest BCUT2D eigenvalue weighted by Gasteiger charge is 2.48. The van der Waals surface area contributed by atoms with Crippen molar-refractivity contribution in [3.8, 4) is 34.3 Å². The maximum absolute atomic E-state index is 12.5. The van der Waals surface area contributed by atoms with Crippen LogP contribution >= 0.6 is 0 Å². The Hall–Kier alpha value is -3.84. The Kier molecular flexibility index (Phi) is 5.59. The number of rotatable bonds is 4. The molecule has 0 radical (unpaired) electrons. The first-order valence-electron chi connectivity index (χ1n) is 9.49. The summed E-state index contributed by atoms with van der Waals surface area (Å²) in [7, 11) is 0. The van der Waals surface area contributed by atoms with E-state index < -0.39 is 47.9 Å². The van der Waals surface area contributed by atoms with Gasteiger partial charge in [-0.2, -0.15) is 0 Å². The van der Waals surface area contributed by atoms with Gasteiger partial charge in [0, 0.05) is 18.2 Å². The van der Waals surface area contributed by atoms with E-state index in [1.165, 1.54) is 12.1 Å². The Bertz CT molecular complexity index is 1280. The quantitative estimate of drug-likeness (QED) is 0.253. The number of carboxylic acid groups (broad SMARTS) is 1. The van der Waals surface area contributed by atoms with E-state index in [1.807, 2.05) is 0 Å². The second-order valence-corrected chi connectivity index (χ2v) is 7.34. The number of phenols is 3. The number of fused-ring (bicyclic) bond motifs is 1. The number of hydrogen-bond donors (Lipinski definition) is 7. The predicted molar refractivity (Wildman–Crippen MR) is 108 cm³/mol. The fourth-order valence-corrected chi connectivity index (χ4v) is 3.45. The van der Waals surface area contributed by atoms with Crippen molar-refractivity contribution >= 4 is 16.9 Å². The van der Waals surface area contributed by atoms with Crippen LogP contribution in [0.1, 0.15) is 0 Å². The van der Waals surface area contributed by atoms with Crippen molar-refractivity contribution in [2.45, 2.75) is 30.7 Å². The average molecular weight is 462 g/mol. The molecule has 12 heteroatoms. The van der Waals surface area contributed by atoms with Gasteiger partial charge in [0.2, 0.25) is 6.29 Å². The van der Waals surface area contributed by atoms with Crippen molar-refractivity contribution in [3.63, 3.8) is 0 Å². The van der Waals surface area contributed by atoms with E-state index in [2.05, 4.69) is 0 Å². The van der Waals surface area contributed by atoms with Gasteiger partial charge in [-0.25, -0.2) is 4.79 Å². The van der Waals surface area contributed by atoms with Gasteiger partial charge in [-0.1, -0.05) is 0 Å². The van der Waals surface area contributed by atoms with Gasteiger partial charge in [-0.15, -0.1) is 0 Å². The van der Waals surface area contributed by atoms with Crippen molar-refractivity contribution in [1.29, 1.82) is 0 Å². The molecule has 0 amide bonds. The Morgan fingerprint density at radius 3 is 2.33 bits per heavy atom. The Labute approximate surface area is 183 Å². The van der Waals surface area contributed by atoms with Crippen LogP contribution in [-0.4, -0.2) is 72.4 Å². The van der Waals surface area contributed by atoms with Gasteiger partial charge < -0.3 is 49.6 Å². The summed E-state index contributed by atoms with van der Waals surface area (Å²) in [5.41, 5.74) is -0.903. The number of phenolic OH excluding ortho intramolecular Hbond substituents is 3. The van der Waals surface area contributed by atoms with Crippen LogP contribution < -0.4 is 10.2 Å². The molecule has 5 atom stereocenters. The lowest BCUT2D eigenvalue weighted by Crippen LogP contribution is -2.61. The minimum Gasteiger partial charge on any atom is -0.508 e. The molecule has 0 saturated carbocycles. The number of carboxylic acids is 1. The normalized spacial score (nSPS) is 25.1. The third-order valence-corrected chi connectivity index (χ3v) is 5.09. The van der Waals surface area contributed by atoms with Crippen molar-refractivity contribution in [2.24, 2.45) is 0 Å². The summed E-state index contributed by atoms with van der Waals surface area (Å²) in [6.07, 6.45) is -9.34. The number of carbonyl (C=O) groups is 1. The molecular weight excluding hydrogens is 444 g/mol. The van der Waals surface area contributed by atoms with Gasteiger partial charge in [-0.3, -0.25) is 4.79 Å². The summed E-state index contributed by atoms with van der Waals surface area (Å²) in [6, 6.07) is 6.68. The van der Waals surface area contributed by atoms with Crippen LogP contribution in [0.3, 0.4) is 0 Å². The molecule has 0 spiro atoms. The van der Waals surface area contributed by atoms with Crippen molar-refractivity contribution < 1.29 is 54.4 Å². The highest BCUT2D eigenvalue weighted by atomic mass is 16.7. The first kappa shape index (κ1) is 22.4. The third kappa shape index (κ3) is 4.03. The van der Waals surface area contributed by atoms with Crippen molar-refractivity contribution in [2.75, 3.05) is 0 Å². The molecule has 2 aromatic carbocycles. The minimum atomic E-state index is -1.92. The zero-order chi connectivity index (χ0) is 24.0. The number of benzene rings is 2. The number of aromatic hydroxyl groups is 3. The molecule has 1 unspecified atom stereocenters. The highest BCUT2D eigenvalue weighted by Crippen LogP contribution is 2.36. The molecule has 2 heterocycles. The van der Waals surface area contributed by atoms with Crippen LogP contribution in [0.25, 0.3) is 22.3 Å². The van der Waals surface area contributed by atoms with E-state index in [0.717, 1.165) is 24.3 Å². The monoisotopic (exact) mass is 462 g/mol. The van der Waals surface area contributed by atoms with Gasteiger partial charge in [0.05, 0.1) is 5.56 Å². The van der Waals surface area contributed by atoms with Crippen LogP contribution in [-0.2, 0) is 9.53 Å². The average Bonchev–Trinajstić information content (AvgIpc) is 2.75. The molecule has 1 saturated heterocycles. The molecule has 1 fully saturated rings. The number of ether oxygens (including phenoxy) is 2. The summed E-state index contributed by atoms with van der Waals surface area (Å²) >= 11 is 0. The maximum atomic E-state index is 12.5. The smallest absolute Gasteiger partial charge is 0.335 e. The molecule has 1 aromatic heterocycles. The Morgan fingerprint density at radius 1 is 0.909 bits per heavy atom. The van der Waals surface area contributed by atoms with Gasteiger partial charge in [0.15, 0.2) is 11.5 Å². The van der Waals surface area contributed by atoms with Gasteiger partial charge in [0.1, 0.15) is 58.0 Å². The maximum Gasteiger partial charge on any atom is 0.335 e. The van der Waals surface area contributed by atoms with Gasteiger partial charge >= 0.3 is 5.97 Å². The molecule has 3 aromatic rings. The van der Waals surface area contributed by atoms with Crippen LogP contribution in [0.4, 0.5) is 0 Å². The van der Waals surface area contributed by atoms with E-state index in [-0.39, 0.29) is 39.5 Å². The lowest BCUT2D eigenvalue weighted by Gasteiger charge is -2.38. The SMILES string of the molecule is O=C(O)[C@@H]1OC(Oc2cc(O)c3c(=O)cc(-c4cc(O)ccc4O)oc3c2)[C@@H](O)[C@H](O)[C@H]1O. The number of hydrogen-bond acceptors (Lipinski definition) is 11. The predicted octanol–water partition coefficient (Wildman–Crippen LogP) is -0.152. The molecule has 1 aliphatic rings. The summed E-state index contributed by atoms with van der Waals surface area (Å²) < 4.78 is 16.0. The molecule has 174 valence electrons. The molecule has 1 aliphatic heterocycles. The second-order valence-electron chi connectivity index (χ2n) is 7.34. The summed E-state index contributed by atoms with van der Waals surface area (Å²) in [6.45, 7) is 0. The zero-order valence-electron chi connectivity index (χ0n) is 16.5. The van der Waals surface area contributed by atoms with E-state index >= 15 is 0 Å². The number of aliphatic carboxylic acids is 1. The molecular formula is C21H18O12. The second kappa shape index (κ2) is 8.26. The standard InChI is InChI=1S/C21H18O12/c22-7-1-2-10(23)9(3-7)13-6-12(25)15-11(24)4-8(5-14(15)32-13)31-21-18(28)16(26)17(27)19(33-21)20(29)30/h1-6,16-19,21-24,26-28H,(H,29,30)/t16-,17-,18+,19-,21?/m1/s1. The van der Waals surface area contributed by atoms with Crippen LogP contribution in [0.2, 0.25) is 0 Å². The first-order valence-corrected chi connectivity index (χ1v) is 9.49. The molecule has 12 nitrogen and oxygen atoms in total. The molecule has 0 aliphatic carbocycles. The topological polar surface area (TPSA) is 207 Å². The van der Waals surface area contributed by atoms with E-state index in [9.17, 15) is 40.2 Å². The molecule has 33 heavy (non-hydrogen) atoms. The largest absolute Gasteiger partial charge is 0.508 e. The van der Waals surface area contributed by atoms with Crippen molar-refractivity contribution in [1.82, 2.24) is 0 Å². The number of aliphatic hydroxyl groups excluding tert-OH is 3. The Balaban J connectivity index is 1.74. The van der Waals surface area contributed by atoms with Crippen LogP contribution in [0.15, 0.2) is 45.6 Å². The first-order chi connectivity index (χ1) is 15.6. The van der Waals surface area contributed by atoms with E-state index in [1.54, 1.807) is 0 Å². The molecule has 0 bridgehead atoms. The fourth-order valence-electron chi connectivity index (χ4n) is 3.45. The fraction of sp³-hybridized carbons (Fsp3) is 0.238. The molecule has 4 rings (SSSR count). The van der Waals surface area contributed by atoms with E-state index in [4.69, 9.17) is 19.0 Å². The lowest BCUT2D eigenvalue weighted by molar-refractivity contribution is -0.271. The summed E-state index contributed by atoms with van der Waals surface area (Å²) in [4.78, 5) is 23.8. The Morgan fingerprint density at radius 2 is 1.64 bits per heavy atom. The minimum absolute atomic E-state index is 0.00717. The highest BCUT2D eigenvalue weighted by molar-refractivity contribution is 5.86. The zero-order valence-corrected chi connectivity index (χ0v) is 16.5. The van der Waals surface area contributed by atoms with Crippen molar-refractivity contribution in [3.05, 3.63) is 46.6 Å². The van der Waals surface area contributed by atoms with Crippen LogP contribution in [0.5, 0.6) is 23.0 Å².